The molecule has 0 radical (unpaired) electrons. The number of rotatable bonds is 10. The van der Waals surface area contributed by atoms with Crippen LogP contribution in [0, 0.1) is 0 Å². The fourth-order valence-corrected chi connectivity index (χ4v) is 3.25. The molecule has 27 heavy (non-hydrogen) atoms. The molecule has 1 saturated heterocycles. The summed E-state index contributed by atoms with van der Waals surface area (Å²) in [5, 5.41) is 0. The van der Waals surface area contributed by atoms with Gasteiger partial charge in [-0.05, 0) is 64.5 Å². The van der Waals surface area contributed by atoms with Crippen molar-refractivity contribution in [2.24, 2.45) is 0 Å². The zero-order valence-corrected chi connectivity index (χ0v) is 18.1. The zero-order valence-electron chi connectivity index (χ0n) is 16.5. The number of hydrogen-bond donors (Lipinski definition) is 0. The number of carbonyl (C=O) groups excluding carboxylic acids is 1. The van der Waals surface area contributed by atoms with E-state index in [4.69, 9.17) is 9.47 Å². The summed E-state index contributed by atoms with van der Waals surface area (Å²) >= 11 is 3.39. The van der Waals surface area contributed by atoms with Crippen molar-refractivity contribution in [3.05, 3.63) is 57.6 Å². The third-order valence-corrected chi connectivity index (χ3v) is 5.32. The van der Waals surface area contributed by atoms with Gasteiger partial charge in [0.05, 0.1) is 6.61 Å². The minimum atomic E-state index is -0.0202. The van der Waals surface area contributed by atoms with E-state index in [1.165, 1.54) is 17.6 Å². The van der Waals surface area contributed by atoms with Crippen LogP contribution in [-0.4, -0.2) is 25.3 Å². The minimum absolute atomic E-state index is 0.0202. The van der Waals surface area contributed by atoms with E-state index in [0.717, 1.165) is 48.7 Å². The molecule has 1 aliphatic rings. The topological polar surface area (TPSA) is 35.5 Å². The average molecular weight is 435 g/mol. The van der Waals surface area contributed by atoms with Crippen LogP contribution in [0.25, 0.3) is 0 Å². The molecule has 3 nitrogen and oxygen atoms in total. The molecule has 0 bridgehead atoms. The van der Waals surface area contributed by atoms with Gasteiger partial charge in [0.15, 0.2) is 12.1 Å². The molecule has 0 aliphatic carbocycles. The minimum Gasteiger partial charge on any atom is -0.353 e. The first-order valence-electron chi connectivity index (χ1n) is 9.88. The molecule has 4 heteroatoms. The highest BCUT2D eigenvalue weighted by molar-refractivity contribution is 9.10. The average Bonchev–Trinajstić information content (AvgIpc) is 2.67. The van der Waals surface area contributed by atoms with Crippen molar-refractivity contribution in [2.45, 2.75) is 65.1 Å². The zero-order chi connectivity index (χ0) is 19.5. The third-order valence-electron chi connectivity index (χ3n) is 4.80. The number of allylic oxidation sites excluding steroid dienone is 3. The van der Waals surface area contributed by atoms with Gasteiger partial charge in [-0.1, -0.05) is 51.4 Å². The Bertz CT molecular complexity index is 640. The van der Waals surface area contributed by atoms with Gasteiger partial charge >= 0.3 is 0 Å². The molecule has 2 rings (SSSR count). The Hall–Kier alpha value is -1.23. The lowest BCUT2D eigenvalue weighted by atomic mass is 10.0. The largest absolute Gasteiger partial charge is 0.353 e. The van der Waals surface area contributed by atoms with Crippen molar-refractivity contribution >= 4 is 21.7 Å². The molecule has 148 valence electrons. The normalized spacial score (nSPS) is 18.6. The van der Waals surface area contributed by atoms with E-state index in [1.807, 2.05) is 24.3 Å². The second-order valence-corrected chi connectivity index (χ2v) is 8.11. The van der Waals surface area contributed by atoms with E-state index in [2.05, 4.69) is 41.9 Å². The molecule has 1 atom stereocenters. The lowest BCUT2D eigenvalue weighted by Crippen LogP contribution is -2.22. The molecule has 1 unspecified atom stereocenters. The van der Waals surface area contributed by atoms with Gasteiger partial charge in [-0.15, -0.1) is 0 Å². The van der Waals surface area contributed by atoms with Gasteiger partial charge in [-0.2, -0.15) is 0 Å². The van der Waals surface area contributed by atoms with Gasteiger partial charge in [0.1, 0.15) is 0 Å². The summed E-state index contributed by atoms with van der Waals surface area (Å²) in [5.74, 6) is 0.202. The van der Waals surface area contributed by atoms with Gasteiger partial charge in [-0.3, -0.25) is 4.79 Å². The third kappa shape index (κ3) is 9.00. The molecule has 0 N–H and O–H groups in total. The molecule has 0 spiro atoms. The Labute approximate surface area is 172 Å². The monoisotopic (exact) mass is 434 g/mol. The van der Waals surface area contributed by atoms with Crippen molar-refractivity contribution in [3.8, 4) is 0 Å². The van der Waals surface area contributed by atoms with Gasteiger partial charge in [-0.25, -0.2) is 0 Å². The number of halogens is 1. The SMILES string of the molecule is C/C(=C\COC1CCCCO1)CC/C=C(\C)CCC(=O)c1ccc(Br)cc1. The summed E-state index contributed by atoms with van der Waals surface area (Å²) in [4.78, 5) is 12.2. The second-order valence-electron chi connectivity index (χ2n) is 7.20. The smallest absolute Gasteiger partial charge is 0.163 e. The highest BCUT2D eigenvalue weighted by Crippen LogP contribution is 2.16. The molecular formula is C23H31BrO3. The number of carbonyl (C=O) groups is 1. The Balaban J connectivity index is 1.63. The number of ether oxygens (including phenoxy) is 2. The van der Waals surface area contributed by atoms with Crippen LogP contribution < -0.4 is 0 Å². The lowest BCUT2D eigenvalue weighted by molar-refractivity contribution is -0.155. The number of Topliss-reactive ketones (excluding diaryl/α,β-unsaturated/α-hetero) is 1. The van der Waals surface area contributed by atoms with Gasteiger partial charge in [0, 0.05) is 23.1 Å². The second kappa shape index (κ2) is 12.3. The van der Waals surface area contributed by atoms with E-state index in [1.54, 1.807) is 0 Å². The summed E-state index contributed by atoms with van der Waals surface area (Å²) in [7, 11) is 0. The highest BCUT2D eigenvalue weighted by Gasteiger charge is 2.12. The number of benzene rings is 1. The molecule has 1 aromatic carbocycles. The maximum atomic E-state index is 12.2. The Morgan fingerprint density at radius 2 is 1.85 bits per heavy atom. The van der Waals surface area contributed by atoms with Crippen LogP contribution in [0.5, 0.6) is 0 Å². The van der Waals surface area contributed by atoms with Gasteiger partial charge in [0.2, 0.25) is 0 Å². The fourth-order valence-electron chi connectivity index (χ4n) is 2.98. The molecule has 1 fully saturated rings. The summed E-state index contributed by atoms with van der Waals surface area (Å²) in [5.41, 5.74) is 3.40. The molecular weight excluding hydrogens is 404 g/mol. The van der Waals surface area contributed by atoms with E-state index < -0.39 is 0 Å². The van der Waals surface area contributed by atoms with Gasteiger partial charge in [0.25, 0.3) is 0 Å². The van der Waals surface area contributed by atoms with Crippen LogP contribution in [0.4, 0.5) is 0 Å². The van der Waals surface area contributed by atoms with Crippen LogP contribution in [-0.2, 0) is 9.47 Å². The van der Waals surface area contributed by atoms with Crippen LogP contribution in [0.3, 0.4) is 0 Å². The molecule has 0 aromatic heterocycles. The first-order valence-corrected chi connectivity index (χ1v) is 10.7. The van der Waals surface area contributed by atoms with Crippen LogP contribution in [0.15, 0.2) is 52.0 Å². The van der Waals surface area contributed by atoms with Gasteiger partial charge < -0.3 is 9.47 Å². The maximum absolute atomic E-state index is 12.2. The molecule has 1 aromatic rings. The summed E-state index contributed by atoms with van der Waals surface area (Å²) in [6.45, 7) is 5.70. The quantitative estimate of drug-likeness (QED) is 0.306. The van der Waals surface area contributed by atoms with Crippen molar-refractivity contribution in [1.82, 2.24) is 0 Å². The van der Waals surface area contributed by atoms with E-state index >= 15 is 0 Å². The molecule has 0 saturated carbocycles. The maximum Gasteiger partial charge on any atom is 0.163 e. The summed E-state index contributed by atoms with van der Waals surface area (Å²) < 4.78 is 12.3. The van der Waals surface area contributed by atoms with E-state index in [0.29, 0.717) is 13.0 Å². The van der Waals surface area contributed by atoms with Crippen molar-refractivity contribution in [1.29, 1.82) is 0 Å². The van der Waals surface area contributed by atoms with Crippen molar-refractivity contribution < 1.29 is 14.3 Å². The first kappa shape index (κ1) is 22.1. The molecule has 1 heterocycles. The summed E-state index contributed by atoms with van der Waals surface area (Å²) in [6.07, 6.45) is 11.1. The lowest BCUT2D eigenvalue weighted by Gasteiger charge is -2.22. The number of hydrogen-bond acceptors (Lipinski definition) is 3. The number of ketones is 1. The van der Waals surface area contributed by atoms with E-state index in [-0.39, 0.29) is 12.1 Å². The standard InChI is InChI=1S/C23H31BrO3/c1-18(9-14-22(25)20-10-12-21(24)13-11-20)6-5-7-19(2)15-17-27-23-8-3-4-16-26-23/h6,10-13,15,23H,3-5,7-9,14,16-17H2,1-2H3/b18-6+,19-15+. The highest BCUT2D eigenvalue weighted by atomic mass is 79.9. The first-order chi connectivity index (χ1) is 13.0. The van der Waals surface area contributed by atoms with Crippen molar-refractivity contribution in [3.63, 3.8) is 0 Å². The predicted octanol–water partition coefficient (Wildman–Crippen LogP) is 6.63. The predicted molar refractivity (Wildman–Crippen MR) is 114 cm³/mol. The van der Waals surface area contributed by atoms with Crippen LogP contribution >= 0.6 is 15.9 Å². The molecule has 0 amide bonds. The van der Waals surface area contributed by atoms with Crippen LogP contribution in [0.2, 0.25) is 0 Å². The van der Waals surface area contributed by atoms with E-state index in [9.17, 15) is 4.79 Å². The Morgan fingerprint density at radius 3 is 2.56 bits per heavy atom. The Kier molecular flexibility index (Phi) is 10.0. The molecule has 1 aliphatic heterocycles. The fraction of sp³-hybridized carbons (Fsp3) is 0.522. The van der Waals surface area contributed by atoms with Crippen LogP contribution in [0.1, 0.15) is 69.2 Å². The Morgan fingerprint density at radius 1 is 1.11 bits per heavy atom. The van der Waals surface area contributed by atoms with Crippen molar-refractivity contribution in [2.75, 3.05) is 13.2 Å². The summed E-state index contributed by atoms with van der Waals surface area (Å²) in [6, 6.07) is 7.57.